The molecular formula is C15H14N2O3. The van der Waals surface area contributed by atoms with Crippen molar-refractivity contribution in [1.82, 2.24) is 0 Å². The fourth-order valence-corrected chi connectivity index (χ4v) is 1.68. The molecule has 0 bridgehead atoms. The van der Waals surface area contributed by atoms with Gasteiger partial charge in [0.25, 0.3) is 5.91 Å². The molecule has 5 nitrogen and oxygen atoms in total. The highest BCUT2D eigenvalue weighted by Crippen LogP contribution is 2.14. The Morgan fingerprint density at radius 2 is 1.65 bits per heavy atom. The minimum Gasteiger partial charge on any atom is -0.444 e. The Balaban J connectivity index is 1.97. The second-order valence-corrected chi connectivity index (χ2v) is 4.10. The maximum atomic E-state index is 11.7. The van der Waals surface area contributed by atoms with Crippen LogP contribution in [0, 0.1) is 0 Å². The van der Waals surface area contributed by atoms with E-state index in [0.29, 0.717) is 5.69 Å². The second-order valence-electron chi connectivity index (χ2n) is 4.10. The van der Waals surface area contributed by atoms with Crippen molar-refractivity contribution in [3.8, 4) is 0 Å². The number of carbonyl (C=O) groups excluding carboxylic acids is 2. The molecule has 0 heterocycles. The fourth-order valence-electron chi connectivity index (χ4n) is 1.68. The van der Waals surface area contributed by atoms with Crippen LogP contribution in [0.4, 0.5) is 10.5 Å². The molecule has 2 amide bonds. The number of hydrogen-bond donors (Lipinski definition) is 2. The summed E-state index contributed by atoms with van der Waals surface area (Å²) in [6.07, 6.45) is -0.637. The zero-order valence-corrected chi connectivity index (χ0v) is 10.7. The van der Waals surface area contributed by atoms with Crippen molar-refractivity contribution in [2.45, 2.75) is 6.61 Å². The summed E-state index contributed by atoms with van der Waals surface area (Å²) < 4.78 is 5.06. The van der Waals surface area contributed by atoms with Crippen molar-refractivity contribution in [3.05, 3.63) is 65.7 Å². The van der Waals surface area contributed by atoms with Crippen LogP contribution >= 0.6 is 0 Å². The number of hydrogen-bond acceptors (Lipinski definition) is 3. The molecule has 0 unspecified atom stereocenters. The van der Waals surface area contributed by atoms with Crippen LogP contribution in [0.25, 0.3) is 0 Å². The van der Waals surface area contributed by atoms with Gasteiger partial charge in [-0.05, 0) is 17.7 Å². The molecule has 3 N–H and O–H groups in total. The van der Waals surface area contributed by atoms with E-state index in [1.54, 1.807) is 18.2 Å². The summed E-state index contributed by atoms with van der Waals surface area (Å²) in [6, 6.07) is 15.8. The maximum Gasteiger partial charge on any atom is 0.411 e. The summed E-state index contributed by atoms with van der Waals surface area (Å²) in [5.41, 5.74) is 6.68. The van der Waals surface area contributed by atoms with Gasteiger partial charge in [0.05, 0.1) is 11.3 Å². The second kappa shape index (κ2) is 6.38. The molecule has 102 valence electrons. The summed E-state index contributed by atoms with van der Waals surface area (Å²) in [5.74, 6) is -0.607. The molecule has 2 aromatic rings. The number of nitrogens with one attached hydrogen (secondary N) is 1. The molecule has 0 spiro atoms. The molecular weight excluding hydrogens is 256 g/mol. The Labute approximate surface area is 116 Å². The first-order valence-electron chi connectivity index (χ1n) is 6.03. The molecule has 5 heteroatoms. The Kier molecular flexibility index (Phi) is 4.34. The van der Waals surface area contributed by atoms with Gasteiger partial charge in [0, 0.05) is 0 Å². The number of carbonyl (C=O) groups is 2. The lowest BCUT2D eigenvalue weighted by molar-refractivity contribution is 0.100. The molecule has 0 aliphatic heterocycles. The van der Waals surface area contributed by atoms with Gasteiger partial charge in [-0.2, -0.15) is 0 Å². The SMILES string of the molecule is NC(=O)c1ccccc1NC(=O)OCc1ccccc1. The van der Waals surface area contributed by atoms with E-state index in [1.165, 1.54) is 6.07 Å². The van der Waals surface area contributed by atoms with Gasteiger partial charge in [0.2, 0.25) is 0 Å². The van der Waals surface area contributed by atoms with Gasteiger partial charge in [-0.15, -0.1) is 0 Å². The Morgan fingerprint density at radius 3 is 2.35 bits per heavy atom. The molecule has 2 aromatic carbocycles. The molecule has 0 aromatic heterocycles. The van der Waals surface area contributed by atoms with E-state index in [1.807, 2.05) is 30.3 Å². The van der Waals surface area contributed by atoms with E-state index in [9.17, 15) is 9.59 Å². The van der Waals surface area contributed by atoms with E-state index in [2.05, 4.69) is 5.32 Å². The summed E-state index contributed by atoms with van der Waals surface area (Å²) in [7, 11) is 0. The Hall–Kier alpha value is -2.82. The van der Waals surface area contributed by atoms with Crippen LogP contribution in [-0.2, 0) is 11.3 Å². The van der Waals surface area contributed by atoms with Crippen LogP contribution in [0.15, 0.2) is 54.6 Å². The highest BCUT2D eigenvalue weighted by molar-refractivity contribution is 6.01. The predicted octanol–water partition coefficient (Wildman–Crippen LogP) is 2.53. The van der Waals surface area contributed by atoms with Crippen LogP contribution in [0.1, 0.15) is 15.9 Å². The molecule has 20 heavy (non-hydrogen) atoms. The molecule has 0 saturated heterocycles. The average molecular weight is 270 g/mol. The van der Waals surface area contributed by atoms with Gasteiger partial charge >= 0.3 is 6.09 Å². The molecule has 0 aliphatic carbocycles. The number of amides is 2. The Morgan fingerprint density at radius 1 is 1.00 bits per heavy atom. The number of rotatable bonds is 4. The predicted molar refractivity (Wildman–Crippen MR) is 75.2 cm³/mol. The van der Waals surface area contributed by atoms with Gasteiger partial charge in [-0.3, -0.25) is 10.1 Å². The summed E-state index contributed by atoms with van der Waals surface area (Å²) in [5, 5.41) is 2.50. The largest absolute Gasteiger partial charge is 0.444 e. The first-order valence-corrected chi connectivity index (χ1v) is 6.03. The van der Waals surface area contributed by atoms with Crippen molar-refractivity contribution in [2.24, 2.45) is 5.73 Å². The number of benzene rings is 2. The minimum absolute atomic E-state index is 0.158. The van der Waals surface area contributed by atoms with Gasteiger partial charge < -0.3 is 10.5 Å². The number of primary amides is 1. The molecule has 0 fully saturated rings. The van der Waals surface area contributed by atoms with Gasteiger partial charge in [0.15, 0.2) is 0 Å². The standard InChI is InChI=1S/C15H14N2O3/c16-14(18)12-8-4-5-9-13(12)17-15(19)20-10-11-6-2-1-3-7-11/h1-9H,10H2,(H2,16,18)(H,17,19). The number of nitrogens with two attached hydrogens (primary N) is 1. The highest BCUT2D eigenvalue weighted by atomic mass is 16.5. The third kappa shape index (κ3) is 3.58. The number of anilines is 1. The topological polar surface area (TPSA) is 81.4 Å². The van der Waals surface area contributed by atoms with Gasteiger partial charge in [-0.25, -0.2) is 4.79 Å². The first kappa shape index (κ1) is 13.6. The van der Waals surface area contributed by atoms with E-state index >= 15 is 0 Å². The molecule has 0 aliphatic rings. The van der Waals surface area contributed by atoms with Crippen LogP contribution < -0.4 is 11.1 Å². The number of ether oxygens (including phenoxy) is 1. The van der Waals surface area contributed by atoms with Crippen molar-refractivity contribution < 1.29 is 14.3 Å². The lowest BCUT2D eigenvalue weighted by Crippen LogP contribution is -2.18. The third-order valence-corrected chi connectivity index (χ3v) is 2.64. The van der Waals surface area contributed by atoms with E-state index in [-0.39, 0.29) is 12.2 Å². The molecule has 0 radical (unpaired) electrons. The third-order valence-electron chi connectivity index (χ3n) is 2.64. The molecule has 0 atom stereocenters. The normalized spacial score (nSPS) is 9.80. The smallest absolute Gasteiger partial charge is 0.411 e. The van der Waals surface area contributed by atoms with Crippen molar-refractivity contribution in [1.29, 1.82) is 0 Å². The van der Waals surface area contributed by atoms with Crippen LogP contribution in [-0.4, -0.2) is 12.0 Å². The lowest BCUT2D eigenvalue weighted by Gasteiger charge is -2.09. The fraction of sp³-hybridized carbons (Fsp3) is 0.0667. The van der Waals surface area contributed by atoms with Crippen LogP contribution in [0.2, 0.25) is 0 Å². The van der Waals surface area contributed by atoms with E-state index < -0.39 is 12.0 Å². The average Bonchev–Trinajstić information content (AvgIpc) is 2.46. The van der Waals surface area contributed by atoms with Gasteiger partial charge in [0.1, 0.15) is 6.61 Å². The monoisotopic (exact) mass is 270 g/mol. The molecule has 2 rings (SSSR count). The van der Waals surface area contributed by atoms with Crippen molar-refractivity contribution >= 4 is 17.7 Å². The minimum atomic E-state index is -0.637. The first-order chi connectivity index (χ1) is 9.66. The number of para-hydroxylation sites is 1. The van der Waals surface area contributed by atoms with Crippen molar-refractivity contribution in [2.75, 3.05) is 5.32 Å². The lowest BCUT2D eigenvalue weighted by atomic mass is 10.1. The van der Waals surface area contributed by atoms with Crippen molar-refractivity contribution in [3.63, 3.8) is 0 Å². The van der Waals surface area contributed by atoms with E-state index in [0.717, 1.165) is 5.56 Å². The zero-order chi connectivity index (χ0) is 14.4. The summed E-state index contributed by atoms with van der Waals surface area (Å²) in [4.78, 5) is 22.9. The highest BCUT2D eigenvalue weighted by Gasteiger charge is 2.10. The Bertz CT molecular complexity index is 612. The maximum absolute atomic E-state index is 11.7. The van der Waals surface area contributed by atoms with E-state index in [4.69, 9.17) is 10.5 Å². The zero-order valence-electron chi connectivity index (χ0n) is 10.7. The van der Waals surface area contributed by atoms with Crippen LogP contribution in [0.5, 0.6) is 0 Å². The quantitative estimate of drug-likeness (QED) is 0.895. The summed E-state index contributed by atoms with van der Waals surface area (Å²) in [6.45, 7) is 0.158. The van der Waals surface area contributed by atoms with Crippen LogP contribution in [0.3, 0.4) is 0 Å². The van der Waals surface area contributed by atoms with Gasteiger partial charge in [-0.1, -0.05) is 42.5 Å². The molecule has 0 saturated carbocycles. The summed E-state index contributed by atoms with van der Waals surface area (Å²) >= 11 is 0.